The summed E-state index contributed by atoms with van der Waals surface area (Å²) in [5, 5.41) is 13.3. The smallest absolute Gasteiger partial charge is 0.406 e. The number of hydrogen-bond donors (Lipinski definition) is 3. The van der Waals surface area contributed by atoms with Crippen molar-refractivity contribution in [3.63, 3.8) is 0 Å². The summed E-state index contributed by atoms with van der Waals surface area (Å²) in [6, 6.07) is 5.25. The number of hydrogen-bond acceptors (Lipinski definition) is 8. The fraction of sp³-hybridized carbons (Fsp3) is 0.476. The van der Waals surface area contributed by atoms with E-state index in [9.17, 15) is 23.1 Å². The third kappa shape index (κ3) is 7.15. The monoisotopic (exact) mass is 486 g/mol. The molecule has 0 aliphatic carbocycles. The number of aliphatic hydroxyl groups excluding tert-OH is 1. The molecular formula is C21H26F4N6O3. The van der Waals surface area contributed by atoms with Crippen LogP contribution in [0.5, 0.6) is 5.75 Å². The summed E-state index contributed by atoms with van der Waals surface area (Å²) in [6.45, 7) is 1.40. The average molecular weight is 486 g/mol. The van der Waals surface area contributed by atoms with Gasteiger partial charge in [-0.2, -0.15) is 4.39 Å². The van der Waals surface area contributed by atoms with E-state index in [-0.39, 0.29) is 42.9 Å². The number of β-amino-alcohol motifs (C(OH)–C–C–N with tert-alkyl or cyclic N) is 1. The number of nitrogens with zero attached hydrogens (tertiary/aromatic N) is 4. The standard InChI is InChI=1S/C21H26F4N6O3/c1-30(9-13-2-4-15(5-3-13)34-21(23,24)25)20-18(22)19(28-12-29-20)27-8-14-6-7-31(10-16(14)32)11-17(26)33/h2-5,12,14,16,32H,6-11H2,1H3,(H2,26,33)(H,27,28,29)/t14-,16+/m1/s1. The zero-order valence-corrected chi connectivity index (χ0v) is 18.4. The summed E-state index contributed by atoms with van der Waals surface area (Å²) in [5.41, 5.74) is 5.81. The fourth-order valence-electron chi connectivity index (χ4n) is 3.77. The van der Waals surface area contributed by atoms with E-state index in [0.29, 0.717) is 25.1 Å². The molecular weight excluding hydrogens is 460 g/mol. The molecule has 1 aliphatic rings. The maximum Gasteiger partial charge on any atom is 0.573 e. The summed E-state index contributed by atoms with van der Waals surface area (Å²) >= 11 is 0. The highest BCUT2D eigenvalue weighted by Gasteiger charge is 2.31. The molecule has 2 heterocycles. The van der Waals surface area contributed by atoms with Crippen LogP contribution in [0.4, 0.5) is 29.2 Å². The maximum atomic E-state index is 15.0. The molecule has 1 aromatic heterocycles. The Labute approximate surface area is 193 Å². The lowest BCUT2D eigenvalue weighted by molar-refractivity contribution is -0.274. The van der Waals surface area contributed by atoms with Crippen LogP contribution < -0.4 is 20.7 Å². The van der Waals surface area contributed by atoms with Gasteiger partial charge < -0.3 is 25.8 Å². The Morgan fingerprint density at radius 1 is 1.32 bits per heavy atom. The number of ether oxygens (including phenoxy) is 1. The van der Waals surface area contributed by atoms with E-state index in [0.717, 1.165) is 0 Å². The second-order valence-corrected chi connectivity index (χ2v) is 8.11. The molecule has 0 radical (unpaired) electrons. The van der Waals surface area contributed by atoms with Crippen LogP contribution in [0, 0.1) is 11.7 Å². The van der Waals surface area contributed by atoms with Gasteiger partial charge >= 0.3 is 6.36 Å². The molecule has 0 bridgehead atoms. The second-order valence-electron chi connectivity index (χ2n) is 8.11. The van der Waals surface area contributed by atoms with Crippen LogP contribution in [-0.2, 0) is 11.3 Å². The molecule has 1 aliphatic heterocycles. The summed E-state index contributed by atoms with van der Waals surface area (Å²) in [5.74, 6) is -1.70. The first-order valence-corrected chi connectivity index (χ1v) is 10.5. The minimum atomic E-state index is -4.78. The molecule has 1 fully saturated rings. The predicted molar refractivity (Wildman–Crippen MR) is 115 cm³/mol. The van der Waals surface area contributed by atoms with Gasteiger partial charge in [0.2, 0.25) is 11.7 Å². The number of halogens is 4. The van der Waals surface area contributed by atoms with Gasteiger partial charge in [-0.25, -0.2) is 9.97 Å². The number of likely N-dealkylation sites (tertiary alicyclic amines) is 1. The van der Waals surface area contributed by atoms with Gasteiger partial charge in [0.25, 0.3) is 0 Å². The molecule has 1 saturated heterocycles. The van der Waals surface area contributed by atoms with Crippen LogP contribution in [0.15, 0.2) is 30.6 Å². The van der Waals surface area contributed by atoms with Crippen LogP contribution in [0.1, 0.15) is 12.0 Å². The van der Waals surface area contributed by atoms with Crippen molar-refractivity contribution in [1.29, 1.82) is 0 Å². The molecule has 186 valence electrons. The normalized spacial score (nSPS) is 19.0. The highest BCUT2D eigenvalue weighted by atomic mass is 19.4. The van der Waals surface area contributed by atoms with Gasteiger partial charge in [-0.05, 0) is 30.7 Å². The van der Waals surface area contributed by atoms with Crippen LogP contribution in [0.3, 0.4) is 0 Å². The minimum absolute atomic E-state index is 0.00458. The first kappa shape index (κ1) is 25.4. The molecule has 0 unspecified atom stereocenters. The number of aromatic nitrogens is 2. The number of primary amides is 1. The number of carbonyl (C=O) groups is 1. The third-order valence-corrected chi connectivity index (χ3v) is 5.43. The van der Waals surface area contributed by atoms with Gasteiger partial charge in [-0.15, -0.1) is 13.2 Å². The number of aliphatic hydroxyl groups is 1. The number of alkyl halides is 3. The molecule has 13 heteroatoms. The highest BCUT2D eigenvalue weighted by molar-refractivity contribution is 5.75. The zero-order chi connectivity index (χ0) is 24.9. The molecule has 2 aromatic rings. The molecule has 0 spiro atoms. The summed E-state index contributed by atoms with van der Waals surface area (Å²) in [4.78, 5) is 22.2. The van der Waals surface area contributed by atoms with Crippen molar-refractivity contribution in [2.24, 2.45) is 11.7 Å². The Hall–Kier alpha value is -3.19. The average Bonchev–Trinajstić information content (AvgIpc) is 2.74. The quantitative estimate of drug-likeness (QED) is 0.459. The molecule has 1 aromatic carbocycles. The van der Waals surface area contributed by atoms with Crippen LogP contribution in [-0.4, -0.2) is 71.6 Å². The van der Waals surface area contributed by atoms with Gasteiger partial charge in [0.1, 0.15) is 12.1 Å². The predicted octanol–water partition coefficient (Wildman–Crippen LogP) is 1.73. The van der Waals surface area contributed by atoms with Gasteiger partial charge in [-0.3, -0.25) is 9.69 Å². The van der Waals surface area contributed by atoms with Crippen molar-refractivity contribution >= 4 is 17.5 Å². The summed E-state index contributed by atoms with van der Waals surface area (Å²) in [7, 11) is 1.59. The van der Waals surface area contributed by atoms with Crippen molar-refractivity contribution in [3.05, 3.63) is 42.0 Å². The number of amides is 1. The first-order valence-electron chi connectivity index (χ1n) is 10.5. The Bertz CT molecular complexity index is 976. The maximum absolute atomic E-state index is 15.0. The van der Waals surface area contributed by atoms with E-state index in [2.05, 4.69) is 20.0 Å². The number of piperidine rings is 1. The number of anilines is 2. The lowest BCUT2D eigenvalue weighted by Crippen LogP contribution is -2.48. The number of benzene rings is 1. The molecule has 4 N–H and O–H groups in total. The van der Waals surface area contributed by atoms with E-state index in [1.807, 2.05) is 0 Å². The molecule has 2 atom stereocenters. The Balaban J connectivity index is 1.58. The zero-order valence-electron chi connectivity index (χ0n) is 18.4. The highest BCUT2D eigenvalue weighted by Crippen LogP contribution is 2.26. The van der Waals surface area contributed by atoms with Gasteiger partial charge in [0, 0.05) is 32.6 Å². The van der Waals surface area contributed by atoms with Crippen molar-refractivity contribution in [1.82, 2.24) is 14.9 Å². The van der Waals surface area contributed by atoms with E-state index in [4.69, 9.17) is 5.73 Å². The molecule has 9 nitrogen and oxygen atoms in total. The second kappa shape index (κ2) is 10.8. The topological polar surface area (TPSA) is 117 Å². The number of nitrogens with one attached hydrogen (secondary N) is 1. The van der Waals surface area contributed by atoms with Gasteiger partial charge in [-0.1, -0.05) is 12.1 Å². The summed E-state index contributed by atoms with van der Waals surface area (Å²) in [6.07, 6.45) is -3.70. The fourth-order valence-corrected chi connectivity index (χ4v) is 3.77. The summed E-state index contributed by atoms with van der Waals surface area (Å²) < 4.78 is 55.8. The Morgan fingerprint density at radius 2 is 2.03 bits per heavy atom. The van der Waals surface area contributed by atoms with Crippen molar-refractivity contribution in [2.45, 2.75) is 25.4 Å². The minimum Gasteiger partial charge on any atom is -0.406 e. The van der Waals surface area contributed by atoms with Crippen molar-refractivity contribution in [2.75, 3.05) is 43.4 Å². The van der Waals surface area contributed by atoms with E-state index < -0.39 is 24.2 Å². The largest absolute Gasteiger partial charge is 0.573 e. The van der Waals surface area contributed by atoms with E-state index in [1.165, 1.54) is 35.5 Å². The lowest BCUT2D eigenvalue weighted by Gasteiger charge is -2.35. The number of carbonyl (C=O) groups excluding carboxylic acids is 1. The molecule has 34 heavy (non-hydrogen) atoms. The third-order valence-electron chi connectivity index (χ3n) is 5.43. The SMILES string of the molecule is CN(Cc1ccc(OC(F)(F)F)cc1)c1ncnc(NC[C@H]2CCN(CC(N)=O)C[C@@H]2O)c1F. The lowest BCUT2D eigenvalue weighted by atomic mass is 9.94. The van der Waals surface area contributed by atoms with Crippen molar-refractivity contribution < 1.29 is 32.2 Å². The van der Waals surface area contributed by atoms with Crippen LogP contribution in [0.2, 0.25) is 0 Å². The van der Waals surface area contributed by atoms with E-state index in [1.54, 1.807) is 11.9 Å². The van der Waals surface area contributed by atoms with Crippen molar-refractivity contribution in [3.8, 4) is 5.75 Å². The molecule has 1 amide bonds. The van der Waals surface area contributed by atoms with Gasteiger partial charge in [0.05, 0.1) is 12.6 Å². The van der Waals surface area contributed by atoms with Crippen LogP contribution in [0.25, 0.3) is 0 Å². The first-order chi connectivity index (χ1) is 16.0. The Kier molecular flexibility index (Phi) is 8.10. The van der Waals surface area contributed by atoms with E-state index >= 15 is 4.39 Å². The Morgan fingerprint density at radius 3 is 2.65 bits per heavy atom. The number of nitrogens with two attached hydrogens (primary N) is 1. The van der Waals surface area contributed by atoms with Gasteiger partial charge in [0.15, 0.2) is 11.6 Å². The number of rotatable bonds is 9. The molecule has 3 rings (SSSR count). The molecule has 0 saturated carbocycles. The van der Waals surface area contributed by atoms with Crippen LogP contribution >= 0.6 is 0 Å².